The molecule has 2 amide bonds. The van der Waals surface area contributed by atoms with Gasteiger partial charge < -0.3 is 15.0 Å². The van der Waals surface area contributed by atoms with E-state index in [0.717, 1.165) is 12.0 Å². The summed E-state index contributed by atoms with van der Waals surface area (Å²) in [4.78, 5) is 28.4. The Balaban J connectivity index is 1.67. The van der Waals surface area contributed by atoms with Gasteiger partial charge in [0.1, 0.15) is 12.3 Å². The van der Waals surface area contributed by atoms with Gasteiger partial charge in [-0.25, -0.2) is 0 Å². The summed E-state index contributed by atoms with van der Waals surface area (Å²) in [6.07, 6.45) is 0.989. The number of hydrogen-bond donors (Lipinski definition) is 1. The summed E-state index contributed by atoms with van der Waals surface area (Å²) in [6.45, 7) is 2.39. The molecule has 2 aromatic rings. The molecule has 1 N–H and O–H groups in total. The van der Waals surface area contributed by atoms with Crippen LogP contribution in [0.4, 0.5) is 5.69 Å². The van der Waals surface area contributed by atoms with Crippen LogP contribution in [0.25, 0.3) is 0 Å². The molecule has 0 radical (unpaired) electrons. The Labute approximate surface area is 176 Å². The number of anilines is 1. The van der Waals surface area contributed by atoms with Crippen molar-refractivity contribution in [3.05, 3.63) is 58.6 Å². The molecule has 0 saturated carbocycles. The van der Waals surface area contributed by atoms with Crippen LogP contribution >= 0.6 is 11.6 Å². The third-order valence-corrected chi connectivity index (χ3v) is 5.29. The maximum atomic E-state index is 12.6. The summed E-state index contributed by atoms with van der Waals surface area (Å²) < 4.78 is 5.42. The van der Waals surface area contributed by atoms with Crippen molar-refractivity contribution in [2.24, 2.45) is 0 Å². The molecule has 6 nitrogen and oxygen atoms in total. The van der Waals surface area contributed by atoms with Crippen molar-refractivity contribution >= 4 is 29.1 Å². The van der Waals surface area contributed by atoms with E-state index >= 15 is 0 Å². The van der Waals surface area contributed by atoms with Gasteiger partial charge in [-0.15, -0.1) is 0 Å². The monoisotopic (exact) mass is 415 g/mol. The largest absolute Gasteiger partial charge is 0.482 e. The number of carbonyl (C=O) groups is 2. The predicted molar refractivity (Wildman–Crippen MR) is 115 cm³/mol. The second-order valence-corrected chi connectivity index (χ2v) is 7.70. The maximum Gasteiger partial charge on any atom is 0.265 e. The lowest BCUT2D eigenvalue weighted by molar-refractivity contribution is -0.125. The molecule has 0 aromatic heterocycles. The Bertz CT molecular complexity index is 883. The van der Waals surface area contributed by atoms with Gasteiger partial charge >= 0.3 is 0 Å². The van der Waals surface area contributed by atoms with Crippen molar-refractivity contribution < 1.29 is 14.3 Å². The van der Waals surface area contributed by atoms with Crippen molar-refractivity contribution in [3.63, 3.8) is 0 Å². The lowest BCUT2D eigenvalue weighted by Crippen LogP contribution is -2.46. The molecule has 1 unspecified atom stereocenters. The summed E-state index contributed by atoms with van der Waals surface area (Å²) in [5, 5.41) is 3.44. The zero-order valence-electron chi connectivity index (χ0n) is 16.9. The number of ether oxygens (including phenoxy) is 1. The lowest BCUT2D eigenvalue weighted by atomic mass is 10.0. The van der Waals surface area contributed by atoms with E-state index in [4.69, 9.17) is 16.3 Å². The zero-order chi connectivity index (χ0) is 21.0. The Morgan fingerprint density at radius 1 is 1.24 bits per heavy atom. The van der Waals surface area contributed by atoms with Crippen molar-refractivity contribution in [3.8, 4) is 5.75 Å². The van der Waals surface area contributed by atoms with E-state index in [1.807, 2.05) is 14.1 Å². The number of carbonyl (C=O) groups excluding carboxylic acids is 2. The number of nitrogens with one attached hydrogen (secondary N) is 1. The van der Waals surface area contributed by atoms with E-state index in [1.165, 1.54) is 10.5 Å². The highest BCUT2D eigenvalue weighted by Crippen LogP contribution is 2.34. The van der Waals surface area contributed by atoms with E-state index in [2.05, 4.69) is 41.4 Å². The quantitative estimate of drug-likeness (QED) is 0.755. The summed E-state index contributed by atoms with van der Waals surface area (Å²) in [5.41, 5.74) is 2.92. The Morgan fingerprint density at radius 3 is 2.62 bits per heavy atom. The minimum Gasteiger partial charge on any atom is -0.482 e. The smallest absolute Gasteiger partial charge is 0.265 e. The van der Waals surface area contributed by atoms with Gasteiger partial charge in [0.2, 0.25) is 5.91 Å². The number of nitrogens with zero attached hydrogens (tertiary/aromatic N) is 2. The van der Waals surface area contributed by atoms with Gasteiger partial charge in [-0.2, -0.15) is 0 Å². The SMILES string of the molecule is CCc1ccc(C(CNC(=O)CN2C(=O)COc3ccc(Cl)cc32)N(C)C)cc1. The fourth-order valence-electron chi connectivity index (χ4n) is 3.33. The normalized spacial score (nSPS) is 14.4. The zero-order valence-corrected chi connectivity index (χ0v) is 17.7. The van der Waals surface area contributed by atoms with Crippen molar-refractivity contribution in [2.45, 2.75) is 19.4 Å². The van der Waals surface area contributed by atoms with Crippen LogP contribution in [0.1, 0.15) is 24.1 Å². The third-order valence-electron chi connectivity index (χ3n) is 5.05. The fourth-order valence-corrected chi connectivity index (χ4v) is 3.50. The first kappa shape index (κ1) is 21.1. The molecule has 7 heteroatoms. The molecule has 0 saturated heterocycles. The summed E-state index contributed by atoms with van der Waals surface area (Å²) >= 11 is 6.05. The first-order valence-corrected chi connectivity index (χ1v) is 10.0. The van der Waals surface area contributed by atoms with E-state index in [0.29, 0.717) is 23.0 Å². The molecule has 0 bridgehead atoms. The topological polar surface area (TPSA) is 61.9 Å². The van der Waals surface area contributed by atoms with E-state index in [-0.39, 0.29) is 31.0 Å². The number of fused-ring (bicyclic) bond motifs is 1. The van der Waals surface area contributed by atoms with Gasteiger partial charge in [0, 0.05) is 11.6 Å². The Morgan fingerprint density at radius 2 is 1.97 bits per heavy atom. The fraction of sp³-hybridized carbons (Fsp3) is 0.364. The van der Waals surface area contributed by atoms with Gasteiger partial charge in [-0.1, -0.05) is 42.8 Å². The highest BCUT2D eigenvalue weighted by Gasteiger charge is 2.28. The van der Waals surface area contributed by atoms with Crippen LogP contribution in [0, 0.1) is 0 Å². The lowest BCUT2D eigenvalue weighted by Gasteiger charge is -2.30. The number of aryl methyl sites for hydroxylation is 1. The molecule has 1 heterocycles. The standard InChI is InChI=1S/C22H26ClN3O3/c1-4-15-5-7-16(8-6-15)19(25(2)3)12-24-21(27)13-26-18-11-17(23)9-10-20(18)29-14-22(26)28/h5-11,19H,4,12-14H2,1-3H3,(H,24,27). The molecular weight excluding hydrogens is 390 g/mol. The van der Waals surface area contributed by atoms with Crippen LogP contribution in [-0.2, 0) is 16.0 Å². The minimum atomic E-state index is -0.269. The van der Waals surface area contributed by atoms with Gasteiger partial charge in [0.15, 0.2) is 6.61 Å². The molecule has 1 aliphatic heterocycles. The van der Waals surface area contributed by atoms with Crippen molar-refractivity contribution in [1.82, 2.24) is 10.2 Å². The molecule has 1 atom stereocenters. The number of likely N-dealkylation sites (N-methyl/N-ethyl adjacent to an activating group) is 1. The third kappa shape index (κ3) is 5.08. The van der Waals surface area contributed by atoms with Crippen molar-refractivity contribution in [1.29, 1.82) is 0 Å². The van der Waals surface area contributed by atoms with Crippen LogP contribution in [0.15, 0.2) is 42.5 Å². The van der Waals surface area contributed by atoms with Gasteiger partial charge in [0.25, 0.3) is 5.91 Å². The Kier molecular flexibility index (Phi) is 6.77. The summed E-state index contributed by atoms with van der Waals surface area (Å²) in [6, 6.07) is 13.5. The van der Waals surface area contributed by atoms with Crippen LogP contribution in [-0.4, -0.2) is 50.5 Å². The maximum absolute atomic E-state index is 12.6. The molecular formula is C22H26ClN3O3. The first-order valence-electron chi connectivity index (χ1n) is 9.63. The average Bonchev–Trinajstić information content (AvgIpc) is 2.70. The second kappa shape index (κ2) is 9.29. The molecule has 154 valence electrons. The average molecular weight is 416 g/mol. The molecule has 0 spiro atoms. The van der Waals surface area contributed by atoms with E-state index in [1.54, 1.807) is 18.2 Å². The molecule has 0 fully saturated rings. The molecule has 3 rings (SSSR count). The number of rotatable bonds is 7. The van der Waals surface area contributed by atoms with Gasteiger partial charge in [-0.3, -0.25) is 14.5 Å². The number of benzene rings is 2. The van der Waals surface area contributed by atoms with Crippen LogP contribution < -0.4 is 15.0 Å². The Hall–Kier alpha value is -2.57. The van der Waals surface area contributed by atoms with Crippen LogP contribution in [0.5, 0.6) is 5.75 Å². The summed E-state index contributed by atoms with van der Waals surface area (Å²) in [5.74, 6) is 0.0430. The summed E-state index contributed by atoms with van der Waals surface area (Å²) in [7, 11) is 3.96. The number of halogens is 1. The van der Waals surface area contributed by atoms with Crippen molar-refractivity contribution in [2.75, 3.05) is 38.7 Å². The first-order chi connectivity index (χ1) is 13.9. The molecule has 1 aliphatic rings. The highest BCUT2D eigenvalue weighted by molar-refractivity contribution is 6.31. The van der Waals surface area contributed by atoms with E-state index in [9.17, 15) is 9.59 Å². The highest BCUT2D eigenvalue weighted by atomic mass is 35.5. The minimum absolute atomic E-state index is 0.0342. The van der Waals surface area contributed by atoms with E-state index < -0.39 is 0 Å². The predicted octanol–water partition coefficient (Wildman–Crippen LogP) is 3.05. The van der Waals surface area contributed by atoms with Crippen LogP contribution in [0.3, 0.4) is 0 Å². The number of amides is 2. The van der Waals surface area contributed by atoms with Gasteiger partial charge in [-0.05, 0) is 49.8 Å². The molecule has 0 aliphatic carbocycles. The second-order valence-electron chi connectivity index (χ2n) is 7.26. The number of hydrogen-bond acceptors (Lipinski definition) is 4. The molecule has 29 heavy (non-hydrogen) atoms. The molecule has 2 aromatic carbocycles. The van der Waals surface area contributed by atoms with Crippen LogP contribution in [0.2, 0.25) is 5.02 Å². The van der Waals surface area contributed by atoms with Gasteiger partial charge in [0.05, 0.1) is 11.7 Å².